The first-order valence-electron chi connectivity index (χ1n) is 8.41. The number of carbonyl (C=O) groups excluding carboxylic acids is 2. The van der Waals surface area contributed by atoms with Crippen molar-refractivity contribution in [3.8, 4) is 11.5 Å². The van der Waals surface area contributed by atoms with E-state index in [9.17, 15) is 14.0 Å². The molecule has 1 atom stereocenters. The van der Waals surface area contributed by atoms with Gasteiger partial charge >= 0.3 is 0 Å². The van der Waals surface area contributed by atoms with Gasteiger partial charge in [-0.3, -0.25) is 9.59 Å². The van der Waals surface area contributed by atoms with E-state index in [1.54, 1.807) is 0 Å². The summed E-state index contributed by atoms with van der Waals surface area (Å²) in [5, 5.41) is 5.35. The van der Waals surface area contributed by atoms with Gasteiger partial charge in [0.05, 0.1) is 12.1 Å². The van der Waals surface area contributed by atoms with E-state index in [0.717, 1.165) is 6.07 Å². The minimum Gasteiger partial charge on any atom is -0.486 e. The Hall–Kier alpha value is -2.61. The van der Waals surface area contributed by atoms with Crippen LogP contribution in [0.1, 0.15) is 16.8 Å². The highest BCUT2D eigenvalue weighted by Gasteiger charge is 2.21. The first kappa shape index (κ1) is 19.2. The molecule has 0 saturated carbocycles. The highest BCUT2D eigenvalue weighted by atomic mass is 79.9. The summed E-state index contributed by atoms with van der Waals surface area (Å²) in [6, 6.07) is 11.2. The molecule has 0 spiro atoms. The molecule has 2 N–H and O–H groups in total. The molecule has 0 fully saturated rings. The van der Waals surface area contributed by atoms with Crippen molar-refractivity contribution >= 4 is 27.7 Å². The molecule has 1 aliphatic rings. The molecule has 142 valence electrons. The largest absolute Gasteiger partial charge is 0.486 e. The highest BCUT2D eigenvalue weighted by Crippen LogP contribution is 2.30. The molecule has 2 amide bonds. The first-order valence-corrected chi connectivity index (χ1v) is 9.20. The lowest BCUT2D eigenvalue weighted by Crippen LogP contribution is -2.41. The van der Waals surface area contributed by atoms with Gasteiger partial charge in [-0.2, -0.15) is 0 Å². The number of nitrogens with one attached hydrogen (secondary N) is 2. The summed E-state index contributed by atoms with van der Waals surface area (Å²) in [5.74, 6) is 0.158. The zero-order valence-electron chi connectivity index (χ0n) is 14.3. The number of carbonyl (C=O) groups is 2. The molecule has 0 radical (unpaired) electrons. The minimum atomic E-state index is -0.502. The van der Waals surface area contributed by atoms with Crippen LogP contribution in [0.2, 0.25) is 0 Å². The smallest absolute Gasteiger partial charge is 0.252 e. The summed E-state index contributed by atoms with van der Waals surface area (Å²) < 4.78 is 25.1. The fourth-order valence-corrected chi connectivity index (χ4v) is 2.96. The molecule has 0 saturated heterocycles. The third-order valence-electron chi connectivity index (χ3n) is 3.91. The summed E-state index contributed by atoms with van der Waals surface area (Å²) in [6.45, 7) is 0.788. The van der Waals surface area contributed by atoms with Crippen LogP contribution in [-0.4, -0.2) is 37.6 Å². The molecule has 27 heavy (non-hydrogen) atoms. The predicted octanol–water partition coefficient (Wildman–Crippen LogP) is 2.66. The molecule has 0 aliphatic carbocycles. The predicted molar refractivity (Wildman–Crippen MR) is 100 cm³/mol. The Kier molecular flexibility index (Phi) is 6.28. The van der Waals surface area contributed by atoms with Crippen molar-refractivity contribution < 1.29 is 23.5 Å². The molecular weight excluding hydrogens is 419 g/mol. The maximum atomic E-state index is 13.2. The number of fused-ring (bicyclic) bond motifs is 1. The van der Waals surface area contributed by atoms with Crippen LogP contribution < -0.4 is 20.1 Å². The molecule has 3 rings (SSSR count). The molecule has 1 unspecified atom stereocenters. The number of rotatable bonds is 6. The van der Waals surface area contributed by atoms with Crippen molar-refractivity contribution in [2.24, 2.45) is 0 Å². The highest BCUT2D eigenvalue weighted by molar-refractivity contribution is 9.10. The van der Waals surface area contributed by atoms with E-state index in [1.807, 2.05) is 24.3 Å². The zero-order chi connectivity index (χ0) is 19.2. The van der Waals surface area contributed by atoms with Crippen molar-refractivity contribution in [2.45, 2.75) is 12.5 Å². The Labute approximate surface area is 164 Å². The van der Waals surface area contributed by atoms with Crippen LogP contribution in [0.3, 0.4) is 0 Å². The van der Waals surface area contributed by atoms with E-state index < -0.39 is 11.7 Å². The van der Waals surface area contributed by atoms with E-state index in [-0.39, 0.29) is 30.5 Å². The molecule has 2 aromatic carbocycles. The zero-order valence-corrected chi connectivity index (χ0v) is 15.9. The van der Waals surface area contributed by atoms with Gasteiger partial charge < -0.3 is 20.1 Å². The third kappa shape index (κ3) is 5.19. The monoisotopic (exact) mass is 436 g/mol. The Morgan fingerprint density at radius 3 is 2.74 bits per heavy atom. The van der Waals surface area contributed by atoms with E-state index in [4.69, 9.17) is 9.47 Å². The van der Waals surface area contributed by atoms with Crippen LogP contribution in [0.25, 0.3) is 0 Å². The van der Waals surface area contributed by atoms with E-state index in [2.05, 4.69) is 26.6 Å². The van der Waals surface area contributed by atoms with Crippen molar-refractivity contribution in [1.29, 1.82) is 0 Å². The average molecular weight is 437 g/mol. The van der Waals surface area contributed by atoms with Crippen LogP contribution in [0, 0.1) is 5.82 Å². The van der Waals surface area contributed by atoms with Gasteiger partial charge in [0.1, 0.15) is 18.5 Å². The first-order chi connectivity index (χ1) is 13.0. The number of amides is 2. The number of halogens is 2. The lowest BCUT2D eigenvalue weighted by molar-refractivity contribution is -0.121. The maximum Gasteiger partial charge on any atom is 0.252 e. The Morgan fingerprint density at radius 2 is 1.93 bits per heavy atom. The topological polar surface area (TPSA) is 76.7 Å². The molecule has 0 aromatic heterocycles. The normalized spacial score (nSPS) is 15.1. The number of para-hydroxylation sites is 2. The lowest BCUT2D eigenvalue weighted by Gasteiger charge is -2.26. The molecule has 2 aromatic rings. The summed E-state index contributed by atoms with van der Waals surface area (Å²) in [4.78, 5) is 24.0. The van der Waals surface area contributed by atoms with Gasteiger partial charge in [-0.1, -0.05) is 12.1 Å². The van der Waals surface area contributed by atoms with Gasteiger partial charge in [-0.15, -0.1) is 0 Å². The fraction of sp³-hybridized carbons (Fsp3) is 0.263. The molecule has 8 heteroatoms. The Bertz CT molecular complexity index is 846. The second-order valence-corrected chi connectivity index (χ2v) is 6.79. The standard InChI is InChI=1S/C19H18BrFN2O4/c20-15-6-5-12(21)9-14(15)19(25)22-8-7-18(24)23-10-13-11-26-16-3-1-2-4-17(16)27-13/h1-6,9,13H,7-8,10-11H2,(H,22,25)(H,23,24). The molecule has 6 nitrogen and oxygen atoms in total. The second kappa shape index (κ2) is 8.85. The van der Waals surface area contributed by atoms with Gasteiger partial charge in [-0.25, -0.2) is 4.39 Å². The van der Waals surface area contributed by atoms with Gasteiger partial charge in [0.2, 0.25) is 5.91 Å². The molecule has 0 bridgehead atoms. The summed E-state index contributed by atoms with van der Waals surface area (Å²) in [7, 11) is 0. The number of benzene rings is 2. The summed E-state index contributed by atoms with van der Waals surface area (Å²) in [5.41, 5.74) is 0.182. The fourth-order valence-electron chi connectivity index (χ4n) is 2.54. The van der Waals surface area contributed by atoms with Crippen molar-refractivity contribution in [3.63, 3.8) is 0 Å². The summed E-state index contributed by atoms with van der Waals surface area (Å²) >= 11 is 3.20. The third-order valence-corrected chi connectivity index (χ3v) is 4.60. The van der Waals surface area contributed by atoms with E-state index in [0.29, 0.717) is 29.1 Å². The SMILES string of the molecule is O=C(CCNC(=O)c1cc(F)ccc1Br)NCC1COc2ccccc2O1. The molecule has 1 heterocycles. The minimum absolute atomic E-state index is 0.100. The number of ether oxygens (including phenoxy) is 2. The van der Waals surface area contributed by atoms with Crippen molar-refractivity contribution in [2.75, 3.05) is 19.7 Å². The lowest BCUT2D eigenvalue weighted by atomic mass is 10.2. The Morgan fingerprint density at radius 1 is 1.15 bits per heavy atom. The van der Waals surface area contributed by atoms with Crippen LogP contribution in [0.5, 0.6) is 11.5 Å². The van der Waals surface area contributed by atoms with E-state index in [1.165, 1.54) is 12.1 Å². The Balaban J connectivity index is 1.39. The average Bonchev–Trinajstić information content (AvgIpc) is 2.68. The second-order valence-electron chi connectivity index (χ2n) is 5.93. The van der Waals surface area contributed by atoms with Gasteiger partial charge in [-0.05, 0) is 46.3 Å². The summed E-state index contributed by atoms with van der Waals surface area (Å²) in [6.07, 6.45) is -0.176. The van der Waals surface area contributed by atoms with Crippen LogP contribution >= 0.6 is 15.9 Å². The van der Waals surface area contributed by atoms with Gasteiger partial charge in [0, 0.05) is 17.4 Å². The maximum absolute atomic E-state index is 13.2. The van der Waals surface area contributed by atoms with Crippen LogP contribution in [0.15, 0.2) is 46.9 Å². The number of hydrogen-bond acceptors (Lipinski definition) is 4. The molecular formula is C19H18BrFN2O4. The van der Waals surface area contributed by atoms with Crippen molar-refractivity contribution in [1.82, 2.24) is 10.6 Å². The number of hydrogen-bond donors (Lipinski definition) is 2. The molecule has 1 aliphatic heterocycles. The van der Waals surface area contributed by atoms with Gasteiger partial charge in [0.15, 0.2) is 11.5 Å². The van der Waals surface area contributed by atoms with E-state index >= 15 is 0 Å². The van der Waals surface area contributed by atoms with Gasteiger partial charge in [0.25, 0.3) is 5.91 Å². The van der Waals surface area contributed by atoms with Crippen LogP contribution in [-0.2, 0) is 4.79 Å². The van der Waals surface area contributed by atoms with Crippen LogP contribution in [0.4, 0.5) is 4.39 Å². The quantitative estimate of drug-likeness (QED) is 0.729. The van der Waals surface area contributed by atoms with Crippen molar-refractivity contribution in [3.05, 3.63) is 58.3 Å².